The van der Waals surface area contributed by atoms with E-state index in [2.05, 4.69) is 5.32 Å². The van der Waals surface area contributed by atoms with E-state index >= 15 is 0 Å². The fraction of sp³-hybridized carbons (Fsp3) is 0.533. The number of carbonyl (C=O) groups excluding carboxylic acids is 1. The van der Waals surface area contributed by atoms with Crippen LogP contribution < -0.4 is 5.32 Å². The maximum absolute atomic E-state index is 12.2. The predicted octanol–water partition coefficient (Wildman–Crippen LogP) is 2.07. The summed E-state index contributed by atoms with van der Waals surface area (Å²) >= 11 is 0. The van der Waals surface area contributed by atoms with Gasteiger partial charge in [-0.15, -0.1) is 0 Å². The summed E-state index contributed by atoms with van der Waals surface area (Å²) in [6, 6.07) is 7.79. The van der Waals surface area contributed by atoms with Crippen LogP contribution in [-0.2, 0) is 0 Å². The molecular weight excluding hydrogens is 224 g/mol. The second kappa shape index (κ2) is 6.01. The monoisotopic (exact) mass is 246 g/mol. The van der Waals surface area contributed by atoms with Gasteiger partial charge >= 0.3 is 0 Å². The molecule has 1 fully saturated rings. The fourth-order valence-corrected chi connectivity index (χ4v) is 2.36. The van der Waals surface area contributed by atoms with Crippen LogP contribution in [0.4, 0.5) is 0 Å². The zero-order valence-electron chi connectivity index (χ0n) is 11.3. The summed E-state index contributed by atoms with van der Waals surface area (Å²) in [5.74, 6) is 0.860. The molecule has 18 heavy (non-hydrogen) atoms. The summed E-state index contributed by atoms with van der Waals surface area (Å²) in [7, 11) is 1.89. The third-order valence-corrected chi connectivity index (χ3v) is 3.68. The molecule has 2 rings (SSSR count). The largest absolute Gasteiger partial charge is 0.342 e. The summed E-state index contributed by atoms with van der Waals surface area (Å²) in [6.07, 6.45) is 2.34. The Morgan fingerprint density at radius 2 is 2.11 bits per heavy atom. The highest BCUT2D eigenvalue weighted by atomic mass is 16.2. The van der Waals surface area contributed by atoms with Crippen molar-refractivity contribution in [2.45, 2.75) is 19.8 Å². The molecule has 1 N–H and O–H groups in total. The lowest BCUT2D eigenvalue weighted by molar-refractivity contribution is 0.0788. The van der Waals surface area contributed by atoms with Gasteiger partial charge in [0, 0.05) is 19.2 Å². The van der Waals surface area contributed by atoms with E-state index in [0.717, 1.165) is 37.5 Å². The lowest BCUT2D eigenvalue weighted by Gasteiger charge is -2.19. The van der Waals surface area contributed by atoms with Gasteiger partial charge in [-0.05, 0) is 50.9 Å². The molecule has 1 aliphatic rings. The Bertz CT molecular complexity index is 393. The third kappa shape index (κ3) is 3.33. The van der Waals surface area contributed by atoms with Crippen LogP contribution in [0.15, 0.2) is 24.3 Å². The Hall–Kier alpha value is -1.35. The first-order valence-corrected chi connectivity index (χ1v) is 6.69. The second-order valence-electron chi connectivity index (χ2n) is 5.24. The van der Waals surface area contributed by atoms with Crippen molar-refractivity contribution in [2.75, 3.05) is 26.7 Å². The molecule has 0 bridgehead atoms. The van der Waals surface area contributed by atoms with E-state index in [9.17, 15) is 4.79 Å². The van der Waals surface area contributed by atoms with Gasteiger partial charge in [0.05, 0.1) is 0 Å². The number of nitrogens with zero attached hydrogens (tertiary/aromatic N) is 1. The molecule has 3 nitrogen and oxygen atoms in total. The van der Waals surface area contributed by atoms with Crippen LogP contribution in [0.5, 0.6) is 0 Å². The maximum Gasteiger partial charge on any atom is 0.253 e. The van der Waals surface area contributed by atoms with Crippen molar-refractivity contribution in [2.24, 2.45) is 5.92 Å². The Kier molecular flexibility index (Phi) is 4.37. The quantitative estimate of drug-likeness (QED) is 0.882. The summed E-state index contributed by atoms with van der Waals surface area (Å²) in [4.78, 5) is 14.0. The van der Waals surface area contributed by atoms with Crippen LogP contribution in [0.25, 0.3) is 0 Å². The Balaban J connectivity index is 1.85. The summed E-state index contributed by atoms with van der Waals surface area (Å²) in [5, 5.41) is 3.36. The zero-order valence-corrected chi connectivity index (χ0v) is 11.3. The van der Waals surface area contributed by atoms with E-state index in [-0.39, 0.29) is 5.91 Å². The van der Waals surface area contributed by atoms with Gasteiger partial charge in [0.25, 0.3) is 5.91 Å². The molecule has 3 heteroatoms. The molecule has 0 saturated carbocycles. The average Bonchev–Trinajstić information content (AvgIpc) is 2.89. The van der Waals surface area contributed by atoms with Crippen molar-refractivity contribution in [3.05, 3.63) is 35.4 Å². The molecular formula is C15H22N2O. The smallest absolute Gasteiger partial charge is 0.253 e. The van der Waals surface area contributed by atoms with Crippen LogP contribution in [-0.4, -0.2) is 37.5 Å². The van der Waals surface area contributed by atoms with Crippen LogP contribution >= 0.6 is 0 Å². The number of carbonyl (C=O) groups is 1. The van der Waals surface area contributed by atoms with Crippen molar-refractivity contribution in [1.82, 2.24) is 10.2 Å². The van der Waals surface area contributed by atoms with Gasteiger partial charge < -0.3 is 10.2 Å². The molecule has 1 unspecified atom stereocenters. The van der Waals surface area contributed by atoms with E-state index in [1.165, 1.54) is 12.0 Å². The summed E-state index contributed by atoms with van der Waals surface area (Å²) in [6.45, 7) is 5.11. The van der Waals surface area contributed by atoms with Crippen LogP contribution in [0.3, 0.4) is 0 Å². The molecule has 1 saturated heterocycles. The molecule has 1 aromatic rings. The number of hydrogen-bond acceptors (Lipinski definition) is 2. The fourth-order valence-electron chi connectivity index (χ4n) is 2.36. The van der Waals surface area contributed by atoms with Crippen LogP contribution in [0.2, 0.25) is 0 Å². The number of benzene rings is 1. The lowest BCUT2D eigenvalue weighted by Crippen LogP contribution is -2.29. The third-order valence-electron chi connectivity index (χ3n) is 3.68. The van der Waals surface area contributed by atoms with Gasteiger partial charge in [0.1, 0.15) is 0 Å². The van der Waals surface area contributed by atoms with E-state index in [0.29, 0.717) is 0 Å². The Morgan fingerprint density at radius 3 is 2.72 bits per heavy atom. The number of hydrogen-bond donors (Lipinski definition) is 1. The number of amides is 1. The summed E-state index contributed by atoms with van der Waals surface area (Å²) < 4.78 is 0. The standard InChI is InChI=1S/C15H22N2O/c1-12-3-5-14(6-4-12)15(18)17(2)10-8-13-7-9-16-11-13/h3-6,13,16H,7-11H2,1-2H3. The number of nitrogens with one attached hydrogen (secondary N) is 1. The van der Waals surface area contributed by atoms with Gasteiger partial charge in [-0.3, -0.25) is 4.79 Å². The number of rotatable bonds is 4. The van der Waals surface area contributed by atoms with E-state index in [1.54, 1.807) is 0 Å². The lowest BCUT2D eigenvalue weighted by atomic mass is 10.0. The predicted molar refractivity (Wildman–Crippen MR) is 73.7 cm³/mol. The topological polar surface area (TPSA) is 32.3 Å². The van der Waals surface area contributed by atoms with Crippen molar-refractivity contribution in [1.29, 1.82) is 0 Å². The molecule has 1 heterocycles. The SMILES string of the molecule is Cc1ccc(C(=O)N(C)CCC2CCNC2)cc1. The highest BCUT2D eigenvalue weighted by Crippen LogP contribution is 2.13. The van der Waals surface area contributed by atoms with E-state index in [4.69, 9.17) is 0 Å². The van der Waals surface area contributed by atoms with Crippen molar-refractivity contribution < 1.29 is 4.79 Å². The van der Waals surface area contributed by atoms with E-state index in [1.807, 2.05) is 43.1 Å². The molecule has 0 radical (unpaired) electrons. The molecule has 1 atom stereocenters. The van der Waals surface area contributed by atoms with Crippen LogP contribution in [0.1, 0.15) is 28.8 Å². The average molecular weight is 246 g/mol. The van der Waals surface area contributed by atoms with Crippen molar-refractivity contribution in [3.63, 3.8) is 0 Å². The highest BCUT2D eigenvalue weighted by Gasteiger charge is 2.17. The molecule has 0 aromatic heterocycles. The first-order valence-electron chi connectivity index (χ1n) is 6.69. The van der Waals surface area contributed by atoms with Gasteiger partial charge in [0.2, 0.25) is 0 Å². The molecule has 0 aliphatic carbocycles. The molecule has 1 aliphatic heterocycles. The normalized spacial score (nSPS) is 18.9. The minimum absolute atomic E-state index is 0.126. The van der Waals surface area contributed by atoms with Gasteiger partial charge in [0.15, 0.2) is 0 Å². The summed E-state index contributed by atoms with van der Waals surface area (Å²) in [5.41, 5.74) is 1.97. The number of aryl methyl sites for hydroxylation is 1. The first-order chi connectivity index (χ1) is 8.66. The minimum Gasteiger partial charge on any atom is -0.342 e. The molecule has 98 valence electrons. The first kappa shape index (κ1) is 13.1. The van der Waals surface area contributed by atoms with Crippen molar-refractivity contribution in [3.8, 4) is 0 Å². The second-order valence-corrected chi connectivity index (χ2v) is 5.24. The van der Waals surface area contributed by atoms with E-state index < -0.39 is 0 Å². The molecule has 1 aromatic carbocycles. The minimum atomic E-state index is 0.126. The van der Waals surface area contributed by atoms with Crippen LogP contribution in [0, 0.1) is 12.8 Å². The highest BCUT2D eigenvalue weighted by molar-refractivity contribution is 5.94. The Labute approximate surface area is 109 Å². The van der Waals surface area contributed by atoms with Gasteiger partial charge in [-0.2, -0.15) is 0 Å². The zero-order chi connectivity index (χ0) is 13.0. The van der Waals surface area contributed by atoms with Crippen molar-refractivity contribution >= 4 is 5.91 Å². The molecule has 0 spiro atoms. The molecule has 1 amide bonds. The maximum atomic E-state index is 12.2. The van der Waals surface area contributed by atoms with Gasteiger partial charge in [-0.1, -0.05) is 17.7 Å². The van der Waals surface area contributed by atoms with Gasteiger partial charge in [-0.25, -0.2) is 0 Å². The Morgan fingerprint density at radius 1 is 1.39 bits per heavy atom.